The van der Waals surface area contributed by atoms with Crippen LogP contribution in [0.4, 0.5) is 0 Å². The molecule has 0 saturated heterocycles. The maximum Gasteiger partial charge on any atom is 0.166 e. The van der Waals surface area contributed by atoms with Crippen LogP contribution in [-0.2, 0) is 0 Å². The molecule has 0 spiro atoms. The Morgan fingerprint density at radius 3 is 2.69 bits per heavy atom. The van der Waals surface area contributed by atoms with Crippen LogP contribution in [0.3, 0.4) is 0 Å². The van der Waals surface area contributed by atoms with E-state index >= 15 is 0 Å². The fourth-order valence-electron chi connectivity index (χ4n) is 2.06. The van der Waals surface area contributed by atoms with E-state index in [-0.39, 0.29) is 0 Å². The van der Waals surface area contributed by atoms with E-state index in [2.05, 4.69) is 16.9 Å². The number of rotatable bonds is 6. The van der Waals surface area contributed by atoms with Gasteiger partial charge in [0.25, 0.3) is 0 Å². The van der Waals surface area contributed by atoms with Gasteiger partial charge in [0.1, 0.15) is 0 Å². The molecule has 1 rings (SSSR count). The third-order valence-corrected chi connectivity index (χ3v) is 3.96. The molecule has 1 aliphatic rings. The zero-order chi connectivity index (χ0) is 11.6. The van der Waals surface area contributed by atoms with Crippen molar-refractivity contribution in [2.24, 2.45) is 0 Å². The predicted molar refractivity (Wildman–Crippen MR) is 78.2 cm³/mol. The van der Waals surface area contributed by atoms with Crippen LogP contribution >= 0.6 is 24.0 Å². The molecule has 4 heteroatoms. The summed E-state index contributed by atoms with van der Waals surface area (Å²) in [6.07, 6.45) is 11.3. The third-order valence-electron chi connectivity index (χ3n) is 3.00. The molecule has 94 valence electrons. The van der Waals surface area contributed by atoms with Crippen molar-refractivity contribution in [3.05, 3.63) is 0 Å². The first-order valence-electron chi connectivity index (χ1n) is 6.36. The summed E-state index contributed by atoms with van der Waals surface area (Å²) in [4.78, 5) is 0. The largest absolute Gasteiger partial charge is 0.363 e. The minimum atomic E-state index is 0.625. The van der Waals surface area contributed by atoms with Crippen molar-refractivity contribution in [3.8, 4) is 0 Å². The van der Waals surface area contributed by atoms with Crippen LogP contribution in [0.1, 0.15) is 44.9 Å². The Hall–Kier alpha value is 0.0400. The molecule has 0 bridgehead atoms. The van der Waals surface area contributed by atoms with Crippen molar-refractivity contribution in [2.75, 3.05) is 18.6 Å². The first-order valence-corrected chi connectivity index (χ1v) is 8.16. The summed E-state index contributed by atoms with van der Waals surface area (Å²) in [7, 11) is 0. The van der Waals surface area contributed by atoms with Crippen LogP contribution in [0, 0.1) is 0 Å². The van der Waals surface area contributed by atoms with E-state index < -0.39 is 0 Å². The van der Waals surface area contributed by atoms with Gasteiger partial charge in [-0.05, 0) is 49.9 Å². The monoisotopic (exact) mass is 260 g/mol. The summed E-state index contributed by atoms with van der Waals surface area (Å²) in [6, 6.07) is 0.625. The van der Waals surface area contributed by atoms with E-state index in [4.69, 9.17) is 12.2 Å². The zero-order valence-corrected chi connectivity index (χ0v) is 11.9. The van der Waals surface area contributed by atoms with Crippen LogP contribution in [0.2, 0.25) is 0 Å². The molecule has 1 aliphatic carbocycles. The Balaban J connectivity index is 1.97. The minimum absolute atomic E-state index is 0.625. The van der Waals surface area contributed by atoms with Gasteiger partial charge < -0.3 is 10.6 Å². The molecule has 1 saturated carbocycles. The average Bonchev–Trinajstić information content (AvgIpc) is 2.30. The molecule has 1 fully saturated rings. The van der Waals surface area contributed by atoms with Gasteiger partial charge in [0.15, 0.2) is 5.11 Å². The highest BCUT2D eigenvalue weighted by Gasteiger charge is 2.13. The number of thiocarbonyl (C=S) groups is 1. The molecular weight excluding hydrogens is 236 g/mol. The second kappa shape index (κ2) is 9.11. The maximum absolute atomic E-state index is 5.29. The molecule has 0 radical (unpaired) electrons. The molecule has 0 amide bonds. The summed E-state index contributed by atoms with van der Waals surface area (Å²) in [5.41, 5.74) is 0. The lowest BCUT2D eigenvalue weighted by Crippen LogP contribution is -2.42. The van der Waals surface area contributed by atoms with Crippen molar-refractivity contribution in [2.45, 2.75) is 51.0 Å². The number of hydrogen-bond donors (Lipinski definition) is 2. The van der Waals surface area contributed by atoms with Gasteiger partial charge in [-0.15, -0.1) is 0 Å². The average molecular weight is 260 g/mol. The normalized spacial score (nSPS) is 17.1. The fourth-order valence-corrected chi connectivity index (χ4v) is 2.82. The smallest absolute Gasteiger partial charge is 0.166 e. The van der Waals surface area contributed by atoms with E-state index in [0.717, 1.165) is 11.7 Å². The number of hydrogen-bond acceptors (Lipinski definition) is 2. The maximum atomic E-state index is 5.29. The van der Waals surface area contributed by atoms with Crippen LogP contribution in [0.25, 0.3) is 0 Å². The Kier molecular flexibility index (Phi) is 8.03. The van der Waals surface area contributed by atoms with Gasteiger partial charge in [-0.25, -0.2) is 0 Å². The molecule has 0 unspecified atom stereocenters. The van der Waals surface area contributed by atoms with Gasteiger partial charge in [0.05, 0.1) is 0 Å². The van der Waals surface area contributed by atoms with Crippen molar-refractivity contribution < 1.29 is 0 Å². The summed E-state index contributed by atoms with van der Waals surface area (Å²) in [5, 5.41) is 7.58. The predicted octanol–water partition coefficient (Wildman–Crippen LogP) is 2.93. The third kappa shape index (κ3) is 6.59. The summed E-state index contributed by atoms with van der Waals surface area (Å²) >= 11 is 7.20. The molecule has 16 heavy (non-hydrogen) atoms. The van der Waals surface area contributed by atoms with Gasteiger partial charge in [0.2, 0.25) is 0 Å². The summed E-state index contributed by atoms with van der Waals surface area (Å²) in [5.74, 6) is 1.25. The van der Waals surface area contributed by atoms with Gasteiger partial charge in [0, 0.05) is 12.6 Å². The Morgan fingerprint density at radius 1 is 1.25 bits per heavy atom. The standard InChI is InChI=1S/C12H24N2S2/c1-16-10-6-5-9-13-12(15)14-11-7-3-2-4-8-11/h11H,2-10H2,1H3,(H2,13,14,15). The highest BCUT2D eigenvalue weighted by molar-refractivity contribution is 7.98. The van der Waals surface area contributed by atoms with Crippen molar-refractivity contribution in [1.82, 2.24) is 10.6 Å². The Labute approximate surface area is 109 Å². The van der Waals surface area contributed by atoms with Crippen molar-refractivity contribution in [3.63, 3.8) is 0 Å². The highest BCUT2D eigenvalue weighted by atomic mass is 32.2. The second-order valence-electron chi connectivity index (χ2n) is 4.44. The highest BCUT2D eigenvalue weighted by Crippen LogP contribution is 2.17. The molecule has 2 nitrogen and oxygen atoms in total. The van der Waals surface area contributed by atoms with E-state index in [1.165, 1.54) is 50.7 Å². The first kappa shape index (κ1) is 14.1. The van der Waals surface area contributed by atoms with Crippen LogP contribution in [0.5, 0.6) is 0 Å². The number of thioether (sulfide) groups is 1. The van der Waals surface area contributed by atoms with E-state index in [0.29, 0.717) is 6.04 Å². The van der Waals surface area contributed by atoms with E-state index in [9.17, 15) is 0 Å². The summed E-state index contributed by atoms with van der Waals surface area (Å²) in [6.45, 7) is 1.01. The van der Waals surface area contributed by atoms with Gasteiger partial charge >= 0.3 is 0 Å². The van der Waals surface area contributed by atoms with Crippen molar-refractivity contribution >= 4 is 29.1 Å². The lowest BCUT2D eigenvalue weighted by Gasteiger charge is -2.24. The molecule has 0 heterocycles. The molecule has 2 N–H and O–H groups in total. The van der Waals surface area contributed by atoms with Crippen LogP contribution < -0.4 is 10.6 Å². The SMILES string of the molecule is CSCCCCNC(=S)NC1CCCCC1. The molecule has 0 aromatic carbocycles. The molecule has 0 aliphatic heterocycles. The first-order chi connectivity index (χ1) is 7.83. The second-order valence-corrected chi connectivity index (χ2v) is 5.83. The summed E-state index contributed by atoms with van der Waals surface area (Å²) < 4.78 is 0. The molecular formula is C12H24N2S2. The van der Waals surface area contributed by atoms with E-state index in [1.807, 2.05) is 11.8 Å². The quantitative estimate of drug-likeness (QED) is 0.566. The van der Waals surface area contributed by atoms with E-state index in [1.54, 1.807) is 0 Å². The fraction of sp³-hybridized carbons (Fsp3) is 0.917. The lowest BCUT2D eigenvalue weighted by atomic mass is 9.96. The number of unbranched alkanes of at least 4 members (excludes halogenated alkanes) is 1. The Bertz CT molecular complexity index is 191. The van der Waals surface area contributed by atoms with Crippen LogP contribution in [0.15, 0.2) is 0 Å². The van der Waals surface area contributed by atoms with Gasteiger partial charge in [-0.1, -0.05) is 19.3 Å². The topological polar surface area (TPSA) is 24.1 Å². The molecule has 0 atom stereocenters. The Morgan fingerprint density at radius 2 is 2.00 bits per heavy atom. The van der Waals surface area contributed by atoms with Crippen LogP contribution in [-0.4, -0.2) is 29.7 Å². The lowest BCUT2D eigenvalue weighted by molar-refractivity contribution is 0.412. The minimum Gasteiger partial charge on any atom is -0.363 e. The molecule has 0 aromatic rings. The van der Waals surface area contributed by atoms with Crippen molar-refractivity contribution in [1.29, 1.82) is 0 Å². The number of nitrogens with one attached hydrogen (secondary N) is 2. The van der Waals surface area contributed by atoms with Gasteiger partial charge in [-0.2, -0.15) is 11.8 Å². The van der Waals surface area contributed by atoms with Gasteiger partial charge in [-0.3, -0.25) is 0 Å². The zero-order valence-electron chi connectivity index (χ0n) is 10.3. The molecule has 0 aromatic heterocycles.